The summed E-state index contributed by atoms with van der Waals surface area (Å²) in [5.41, 5.74) is 9.50. The first-order valence-electron chi connectivity index (χ1n) is 9.12. The van der Waals surface area contributed by atoms with E-state index in [4.69, 9.17) is 4.74 Å². The topological polar surface area (TPSA) is 63.6 Å². The Balaban J connectivity index is 1.64. The SMILES string of the molecule is CCOC(=O)Cc1csc(NN=Cc2cccc(-c3ccc(C)c(C)c3)c2)n1. The molecule has 2 aromatic carbocycles. The summed E-state index contributed by atoms with van der Waals surface area (Å²) in [6.07, 6.45) is 1.94. The summed E-state index contributed by atoms with van der Waals surface area (Å²) in [7, 11) is 0. The van der Waals surface area contributed by atoms with E-state index >= 15 is 0 Å². The van der Waals surface area contributed by atoms with Gasteiger partial charge >= 0.3 is 5.97 Å². The highest BCUT2D eigenvalue weighted by atomic mass is 32.1. The number of aromatic nitrogens is 1. The maximum absolute atomic E-state index is 11.5. The number of esters is 1. The Kier molecular flexibility index (Phi) is 6.55. The number of nitrogens with one attached hydrogen (secondary N) is 1. The minimum atomic E-state index is -0.272. The van der Waals surface area contributed by atoms with Crippen LogP contribution in [0.3, 0.4) is 0 Å². The Labute approximate surface area is 169 Å². The van der Waals surface area contributed by atoms with Gasteiger partial charge in [-0.15, -0.1) is 11.3 Å². The van der Waals surface area contributed by atoms with E-state index < -0.39 is 0 Å². The summed E-state index contributed by atoms with van der Waals surface area (Å²) in [6, 6.07) is 14.7. The summed E-state index contributed by atoms with van der Waals surface area (Å²) < 4.78 is 4.93. The summed E-state index contributed by atoms with van der Waals surface area (Å²) in [5.74, 6) is -0.272. The zero-order valence-electron chi connectivity index (χ0n) is 16.2. The van der Waals surface area contributed by atoms with Crippen LogP contribution >= 0.6 is 11.3 Å². The van der Waals surface area contributed by atoms with Crippen molar-refractivity contribution in [3.05, 3.63) is 70.2 Å². The third kappa shape index (κ3) is 5.27. The molecule has 1 N–H and O–H groups in total. The van der Waals surface area contributed by atoms with Crippen LogP contribution in [0.1, 0.15) is 29.3 Å². The van der Waals surface area contributed by atoms with E-state index in [0.29, 0.717) is 17.4 Å². The molecular formula is C22H23N3O2S. The third-order valence-electron chi connectivity index (χ3n) is 4.28. The quantitative estimate of drug-likeness (QED) is 0.349. The smallest absolute Gasteiger partial charge is 0.311 e. The summed E-state index contributed by atoms with van der Waals surface area (Å²) in [4.78, 5) is 15.8. The maximum atomic E-state index is 11.5. The number of carbonyl (C=O) groups is 1. The zero-order chi connectivity index (χ0) is 19.9. The highest BCUT2D eigenvalue weighted by Crippen LogP contribution is 2.23. The van der Waals surface area contributed by atoms with Gasteiger partial charge in [-0.2, -0.15) is 5.10 Å². The van der Waals surface area contributed by atoms with E-state index in [0.717, 1.165) is 11.1 Å². The van der Waals surface area contributed by atoms with Crippen LogP contribution in [-0.2, 0) is 16.0 Å². The Hall–Kier alpha value is -2.99. The number of nitrogens with zero attached hydrogens (tertiary/aromatic N) is 2. The van der Waals surface area contributed by atoms with Crippen molar-refractivity contribution in [3.63, 3.8) is 0 Å². The number of carbonyl (C=O) groups excluding carboxylic acids is 1. The van der Waals surface area contributed by atoms with Gasteiger partial charge in [0.2, 0.25) is 5.13 Å². The van der Waals surface area contributed by atoms with Gasteiger partial charge in [-0.1, -0.05) is 36.4 Å². The van der Waals surface area contributed by atoms with Crippen molar-refractivity contribution < 1.29 is 9.53 Å². The lowest BCUT2D eigenvalue weighted by Crippen LogP contribution is -2.07. The van der Waals surface area contributed by atoms with Crippen molar-refractivity contribution >= 4 is 28.7 Å². The molecule has 0 aliphatic heterocycles. The number of benzene rings is 2. The molecule has 6 heteroatoms. The number of thiazole rings is 1. The lowest BCUT2D eigenvalue weighted by atomic mass is 9.99. The second kappa shape index (κ2) is 9.28. The molecule has 0 atom stereocenters. The molecule has 0 amide bonds. The van der Waals surface area contributed by atoms with E-state index in [1.807, 2.05) is 17.5 Å². The van der Waals surface area contributed by atoms with Gasteiger partial charge in [0, 0.05) is 5.38 Å². The fraction of sp³-hybridized carbons (Fsp3) is 0.227. The van der Waals surface area contributed by atoms with E-state index in [2.05, 4.69) is 59.7 Å². The van der Waals surface area contributed by atoms with Gasteiger partial charge in [0.25, 0.3) is 0 Å². The van der Waals surface area contributed by atoms with Gasteiger partial charge in [0.1, 0.15) is 0 Å². The molecule has 5 nitrogen and oxygen atoms in total. The highest BCUT2D eigenvalue weighted by molar-refractivity contribution is 7.13. The Morgan fingerprint density at radius 2 is 2.00 bits per heavy atom. The number of ether oxygens (including phenoxy) is 1. The van der Waals surface area contributed by atoms with Gasteiger partial charge in [0.15, 0.2) is 0 Å². The molecule has 0 saturated carbocycles. The zero-order valence-corrected chi connectivity index (χ0v) is 17.0. The molecule has 0 unspecified atom stereocenters. The van der Waals surface area contributed by atoms with Crippen LogP contribution in [0.2, 0.25) is 0 Å². The van der Waals surface area contributed by atoms with E-state index in [1.165, 1.54) is 28.0 Å². The number of hydrazone groups is 1. The molecule has 28 heavy (non-hydrogen) atoms. The van der Waals surface area contributed by atoms with Crippen molar-refractivity contribution in [2.24, 2.45) is 5.10 Å². The third-order valence-corrected chi connectivity index (χ3v) is 5.08. The van der Waals surface area contributed by atoms with Crippen LogP contribution < -0.4 is 5.43 Å². The first kappa shape index (κ1) is 19.8. The minimum Gasteiger partial charge on any atom is -0.466 e. The van der Waals surface area contributed by atoms with E-state index in [-0.39, 0.29) is 12.4 Å². The molecule has 144 valence electrons. The maximum Gasteiger partial charge on any atom is 0.311 e. The monoisotopic (exact) mass is 393 g/mol. The van der Waals surface area contributed by atoms with Crippen molar-refractivity contribution in [2.75, 3.05) is 12.0 Å². The molecule has 0 aliphatic rings. The van der Waals surface area contributed by atoms with Crippen LogP contribution in [0.15, 0.2) is 52.9 Å². The van der Waals surface area contributed by atoms with Crippen LogP contribution in [0.4, 0.5) is 5.13 Å². The fourth-order valence-electron chi connectivity index (χ4n) is 2.68. The molecule has 0 spiro atoms. The molecule has 0 bridgehead atoms. The minimum absolute atomic E-state index is 0.174. The first-order chi connectivity index (χ1) is 13.5. The van der Waals surface area contributed by atoms with Gasteiger partial charge < -0.3 is 4.74 Å². The first-order valence-corrected chi connectivity index (χ1v) is 10.00. The Bertz CT molecular complexity index is 995. The van der Waals surface area contributed by atoms with Crippen molar-refractivity contribution in [1.29, 1.82) is 0 Å². The lowest BCUT2D eigenvalue weighted by molar-refractivity contribution is -0.142. The van der Waals surface area contributed by atoms with Crippen molar-refractivity contribution in [2.45, 2.75) is 27.2 Å². The molecule has 0 radical (unpaired) electrons. The van der Waals surface area contributed by atoms with Crippen LogP contribution in [-0.4, -0.2) is 23.8 Å². The molecule has 1 heterocycles. The predicted molar refractivity (Wildman–Crippen MR) is 115 cm³/mol. The summed E-state index contributed by atoms with van der Waals surface area (Å²) in [6.45, 7) is 6.40. The Morgan fingerprint density at radius 1 is 1.18 bits per heavy atom. The molecule has 1 aromatic heterocycles. The van der Waals surface area contributed by atoms with Gasteiger partial charge in [-0.25, -0.2) is 4.98 Å². The molecule has 0 fully saturated rings. The number of hydrogen-bond acceptors (Lipinski definition) is 6. The molecule has 0 saturated heterocycles. The largest absolute Gasteiger partial charge is 0.466 e. The molecule has 3 rings (SSSR count). The normalized spacial score (nSPS) is 11.0. The van der Waals surface area contributed by atoms with Crippen molar-refractivity contribution in [3.8, 4) is 11.1 Å². The lowest BCUT2D eigenvalue weighted by Gasteiger charge is -2.06. The standard InChI is InChI=1S/C22H23N3O2S/c1-4-27-21(26)12-20-14-28-22(24-20)25-23-13-17-6-5-7-18(11-17)19-9-8-15(2)16(3)10-19/h5-11,13-14H,4,12H2,1-3H3,(H,24,25). The summed E-state index contributed by atoms with van der Waals surface area (Å²) in [5, 5.41) is 6.73. The number of anilines is 1. The average molecular weight is 394 g/mol. The number of rotatable bonds is 7. The average Bonchev–Trinajstić information content (AvgIpc) is 3.11. The second-order valence-electron chi connectivity index (χ2n) is 6.42. The van der Waals surface area contributed by atoms with E-state index in [9.17, 15) is 4.79 Å². The van der Waals surface area contributed by atoms with Gasteiger partial charge in [-0.05, 0) is 54.7 Å². The second-order valence-corrected chi connectivity index (χ2v) is 7.28. The van der Waals surface area contributed by atoms with Crippen LogP contribution in [0.25, 0.3) is 11.1 Å². The van der Waals surface area contributed by atoms with Crippen molar-refractivity contribution in [1.82, 2.24) is 4.98 Å². The highest BCUT2D eigenvalue weighted by Gasteiger charge is 2.08. The Morgan fingerprint density at radius 3 is 2.79 bits per heavy atom. The summed E-state index contributed by atoms with van der Waals surface area (Å²) >= 11 is 1.40. The van der Waals surface area contributed by atoms with Crippen LogP contribution in [0, 0.1) is 13.8 Å². The van der Waals surface area contributed by atoms with E-state index in [1.54, 1.807) is 13.1 Å². The molecular weight excluding hydrogens is 370 g/mol. The fourth-order valence-corrected chi connectivity index (χ4v) is 3.34. The number of aryl methyl sites for hydroxylation is 2. The van der Waals surface area contributed by atoms with Gasteiger partial charge in [-0.3, -0.25) is 10.2 Å². The molecule has 3 aromatic rings. The van der Waals surface area contributed by atoms with Crippen LogP contribution in [0.5, 0.6) is 0 Å². The predicted octanol–water partition coefficient (Wildman–Crippen LogP) is 4.98. The van der Waals surface area contributed by atoms with Gasteiger partial charge in [0.05, 0.1) is 24.9 Å². The number of hydrogen-bond donors (Lipinski definition) is 1. The molecule has 0 aliphatic carbocycles.